The van der Waals surface area contributed by atoms with E-state index >= 15 is 0 Å². The number of aromatic amines is 1. The number of nitrogens with zero attached hydrogens (tertiary/aromatic N) is 1. The van der Waals surface area contributed by atoms with Crippen LogP contribution in [0.5, 0.6) is 0 Å². The summed E-state index contributed by atoms with van der Waals surface area (Å²) in [7, 11) is 0. The maximum Gasteiger partial charge on any atom is 0.134 e. The van der Waals surface area contributed by atoms with Crippen LogP contribution in [0.3, 0.4) is 0 Å². The van der Waals surface area contributed by atoms with Crippen molar-refractivity contribution < 1.29 is 0 Å². The van der Waals surface area contributed by atoms with Crippen LogP contribution >= 0.6 is 12.2 Å². The van der Waals surface area contributed by atoms with Crippen molar-refractivity contribution in [2.45, 2.75) is 32.2 Å². The highest BCUT2D eigenvalue weighted by Gasteiger charge is 2.27. The summed E-state index contributed by atoms with van der Waals surface area (Å²) in [5.41, 5.74) is 3.46. The number of rotatable bonds is 2. The zero-order chi connectivity index (χ0) is 14.2. The summed E-state index contributed by atoms with van der Waals surface area (Å²) >= 11 is 5.47. The van der Waals surface area contributed by atoms with Crippen molar-refractivity contribution in [1.29, 1.82) is 0 Å². The summed E-state index contributed by atoms with van der Waals surface area (Å²) in [6.45, 7) is 6.18. The topological polar surface area (TPSA) is 40.7 Å². The van der Waals surface area contributed by atoms with E-state index in [2.05, 4.69) is 53.4 Å². The second kappa shape index (κ2) is 5.11. The van der Waals surface area contributed by atoms with E-state index in [1.807, 2.05) is 6.07 Å². The van der Waals surface area contributed by atoms with Crippen LogP contribution in [-0.4, -0.2) is 16.5 Å². The average molecular weight is 285 g/mol. The van der Waals surface area contributed by atoms with E-state index in [9.17, 15) is 0 Å². The molecule has 3 nitrogen and oxygen atoms in total. The molecule has 2 aromatic rings. The third-order valence-electron chi connectivity index (χ3n) is 4.05. The van der Waals surface area contributed by atoms with E-state index in [4.69, 9.17) is 12.2 Å². The largest absolute Gasteiger partial charge is 0.346 e. The Morgan fingerprint density at radius 3 is 2.70 bits per heavy atom. The summed E-state index contributed by atoms with van der Waals surface area (Å²) in [6.07, 6.45) is 0.985. The first-order valence-corrected chi connectivity index (χ1v) is 7.38. The van der Waals surface area contributed by atoms with E-state index in [-0.39, 0.29) is 5.41 Å². The molecule has 0 atom stereocenters. The number of H-pyrrole nitrogens is 1. The monoisotopic (exact) mass is 285 g/mol. The molecule has 1 aliphatic rings. The van der Waals surface area contributed by atoms with Gasteiger partial charge in [-0.15, -0.1) is 0 Å². The molecule has 2 N–H and O–H groups in total. The van der Waals surface area contributed by atoms with Crippen LogP contribution in [0.15, 0.2) is 30.3 Å². The molecule has 0 bridgehead atoms. The van der Waals surface area contributed by atoms with Crippen LogP contribution in [0.2, 0.25) is 0 Å². The van der Waals surface area contributed by atoms with Gasteiger partial charge in [-0.2, -0.15) is 0 Å². The summed E-state index contributed by atoms with van der Waals surface area (Å²) < 4.78 is 0.727. The van der Waals surface area contributed by atoms with Gasteiger partial charge in [0.05, 0.1) is 0 Å². The van der Waals surface area contributed by atoms with Crippen molar-refractivity contribution in [1.82, 2.24) is 15.3 Å². The van der Waals surface area contributed by atoms with Crippen LogP contribution in [0.4, 0.5) is 0 Å². The lowest BCUT2D eigenvalue weighted by Gasteiger charge is -2.27. The van der Waals surface area contributed by atoms with Gasteiger partial charge in [-0.25, -0.2) is 4.98 Å². The fourth-order valence-electron chi connectivity index (χ4n) is 2.65. The molecular weight excluding hydrogens is 266 g/mol. The Kier molecular flexibility index (Phi) is 3.44. The number of nitrogens with one attached hydrogen (secondary N) is 2. The normalized spacial score (nSPS) is 14.9. The molecule has 0 fully saturated rings. The minimum Gasteiger partial charge on any atom is -0.346 e. The van der Waals surface area contributed by atoms with Gasteiger partial charge in [-0.1, -0.05) is 42.5 Å². The van der Waals surface area contributed by atoms with Gasteiger partial charge in [0.25, 0.3) is 0 Å². The second-order valence-electron chi connectivity index (χ2n) is 5.77. The molecule has 1 aliphatic heterocycles. The second-order valence-corrected chi connectivity index (χ2v) is 6.15. The van der Waals surface area contributed by atoms with Crippen molar-refractivity contribution in [3.05, 3.63) is 57.6 Å². The Morgan fingerprint density at radius 2 is 1.95 bits per heavy atom. The van der Waals surface area contributed by atoms with Gasteiger partial charge in [0, 0.05) is 36.2 Å². The first-order valence-electron chi connectivity index (χ1n) is 6.98. The molecule has 0 amide bonds. The molecule has 0 saturated heterocycles. The predicted molar refractivity (Wildman–Crippen MR) is 83.4 cm³/mol. The fourth-order valence-corrected chi connectivity index (χ4v) is 2.94. The maximum absolute atomic E-state index is 5.47. The molecule has 0 saturated carbocycles. The van der Waals surface area contributed by atoms with E-state index < -0.39 is 0 Å². The molecule has 1 aromatic carbocycles. The Balaban J connectivity index is 2.11. The zero-order valence-corrected chi connectivity index (χ0v) is 12.7. The van der Waals surface area contributed by atoms with Crippen LogP contribution in [0, 0.1) is 4.64 Å². The van der Waals surface area contributed by atoms with Gasteiger partial charge in [0.2, 0.25) is 0 Å². The van der Waals surface area contributed by atoms with E-state index in [0.29, 0.717) is 0 Å². The summed E-state index contributed by atoms with van der Waals surface area (Å²) in [5, 5.41) is 3.34. The molecule has 0 unspecified atom stereocenters. The van der Waals surface area contributed by atoms with Crippen molar-refractivity contribution in [3.63, 3.8) is 0 Å². The van der Waals surface area contributed by atoms with Gasteiger partial charge in [0.1, 0.15) is 10.5 Å². The minimum atomic E-state index is -0.172. The van der Waals surface area contributed by atoms with Crippen LogP contribution in [0.25, 0.3) is 0 Å². The van der Waals surface area contributed by atoms with E-state index in [1.165, 1.54) is 11.3 Å². The molecule has 4 heteroatoms. The van der Waals surface area contributed by atoms with Gasteiger partial charge in [-0.3, -0.25) is 0 Å². The SMILES string of the molecule is CC(C)(c1ccccc1)c1nc(=S)c2c([nH]1)CCNC2. The van der Waals surface area contributed by atoms with Crippen molar-refractivity contribution >= 4 is 12.2 Å². The molecule has 20 heavy (non-hydrogen) atoms. The van der Waals surface area contributed by atoms with E-state index in [0.717, 1.165) is 35.5 Å². The van der Waals surface area contributed by atoms with Crippen molar-refractivity contribution in [2.24, 2.45) is 0 Å². The Labute approximate surface area is 124 Å². The first-order chi connectivity index (χ1) is 9.59. The number of benzene rings is 1. The standard InChI is InChI=1S/C16H19N3S/c1-16(2,11-6-4-3-5-7-11)15-18-13-8-9-17-10-12(13)14(20)19-15/h3-7,17H,8-10H2,1-2H3,(H,18,19,20). The number of hydrogen-bond acceptors (Lipinski definition) is 3. The predicted octanol–water partition coefficient (Wildman–Crippen LogP) is 3.11. The highest BCUT2D eigenvalue weighted by molar-refractivity contribution is 7.71. The van der Waals surface area contributed by atoms with E-state index in [1.54, 1.807) is 0 Å². The lowest BCUT2D eigenvalue weighted by Crippen LogP contribution is -2.29. The van der Waals surface area contributed by atoms with Gasteiger partial charge in [0.15, 0.2) is 0 Å². The molecule has 104 valence electrons. The lowest BCUT2D eigenvalue weighted by atomic mass is 9.83. The Hall–Kier alpha value is -1.52. The molecular formula is C16H19N3S. The average Bonchev–Trinajstić information content (AvgIpc) is 2.48. The summed E-state index contributed by atoms with van der Waals surface area (Å²) in [6, 6.07) is 10.4. The quantitative estimate of drug-likeness (QED) is 0.833. The minimum absolute atomic E-state index is 0.172. The van der Waals surface area contributed by atoms with Gasteiger partial charge >= 0.3 is 0 Å². The van der Waals surface area contributed by atoms with Gasteiger partial charge in [-0.05, 0) is 19.4 Å². The maximum atomic E-state index is 5.47. The summed E-state index contributed by atoms with van der Waals surface area (Å²) in [4.78, 5) is 8.18. The smallest absolute Gasteiger partial charge is 0.134 e. The Bertz CT molecular complexity index is 674. The van der Waals surface area contributed by atoms with Crippen molar-refractivity contribution in [2.75, 3.05) is 6.54 Å². The highest BCUT2D eigenvalue weighted by Crippen LogP contribution is 2.29. The highest BCUT2D eigenvalue weighted by atomic mass is 32.1. The third-order valence-corrected chi connectivity index (χ3v) is 4.38. The van der Waals surface area contributed by atoms with Gasteiger partial charge < -0.3 is 10.3 Å². The lowest BCUT2D eigenvalue weighted by molar-refractivity contribution is 0.561. The zero-order valence-electron chi connectivity index (χ0n) is 11.9. The van der Waals surface area contributed by atoms with Crippen LogP contribution < -0.4 is 5.32 Å². The number of hydrogen-bond donors (Lipinski definition) is 2. The van der Waals surface area contributed by atoms with Crippen LogP contribution in [-0.2, 0) is 18.4 Å². The molecule has 2 heterocycles. The number of aromatic nitrogens is 2. The van der Waals surface area contributed by atoms with Crippen molar-refractivity contribution in [3.8, 4) is 0 Å². The molecule has 1 aromatic heterocycles. The molecule has 0 radical (unpaired) electrons. The molecule has 0 spiro atoms. The fraction of sp³-hybridized carbons (Fsp3) is 0.375. The molecule has 3 rings (SSSR count). The molecule has 0 aliphatic carbocycles. The number of fused-ring (bicyclic) bond motifs is 1. The van der Waals surface area contributed by atoms with Crippen LogP contribution in [0.1, 0.15) is 36.5 Å². The Morgan fingerprint density at radius 1 is 1.20 bits per heavy atom. The first kappa shape index (κ1) is 13.5. The summed E-state index contributed by atoms with van der Waals surface area (Å²) in [5.74, 6) is 0.953. The third kappa shape index (κ3) is 2.30.